The van der Waals surface area contributed by atoms with Crippen LogP contribution in [-0.4, -0.2) is 31.2 Å². The molecule has 2 aliphatic heterocycles. The molecule has 90 valence electrons. The van der Waals surface area contributed by atoms with E-state index in [2.05, 4.69) is 12.2 Å². The summed E-state index contributed by atoms with van der Waals surface area (Å²) in [5, 5.41) is 0. The lowest BCUT2D eigenvalue weighted by Gasteiger charge is -2.33. The molecule has 2 fully saturated rings. The highest BCUT2D eigenvalue weighted by Gasteiger charge is 2.44. The number of hydrogen-bond acceptors (Lipinski definition) is 3. The first-order chi connectivity index (χ1) is 7.88. The molecule has 2 heterocycles. The molecule has 3 aliphatic rings. The van der Waals surface area contributed by atoms with Crippen molar-refractivity contribution in [1.82, 2.24) is 0 Å². The van der Waals surface area contributed by atoms with Gasteiger partial charge in [-0.25, -0.2) is 0 Å². The minimum Gasteiger partial charge on any atom is -0.371 e. The molecule has 2 atom stereocenters. The van der Waals surface area contributed by atoms with Gasteiger partial charge in [0.25, 0.3) is 0 Å². The summed E-state index contributed by atoms with van der Waals surface area (Å²) in [6.45, 7) is 1.43. The third kappa shape index (κ3) is 2.04. The average Bonchev–Trinajstić information content (AvgIpc) is 2.75. The Labute approximate surface area is 96.8 Å². The van der Waals surface area contributed by atoms with Crippen molar-refractivity contribution in [3.63, 3.8) is 0 Å². The van der Waals surface area contributed by atoms with Crippen molar-refractivity contribution in [3.8, 4) is 0 Å². The Hall–Kier alpha value is -0.380. The summed E-state index contributed by atoms with van der Waals surface area (Å²) in [6, 6.07) is 0. The van der Waals surface area contributed by atoms with Crippen LogP contribution in [0, 0.1) is 0 Å². The van der Waals surface area contributed by atoms with E-state index < -0.39 is 0 Å². The second-order valence-corrected chi connectivity index (χ2v) is 5.02. The van der Waals surface area contributed by atoms with Crippen molar-refractivity contribution >= 4 is 0 Å². The Morgan fingerprint density at radius 3 is 2.62 bits per heavy atom. The topological polar surface area (TPSA) is 27.7 Å². The van der Waals surface area contributed by atoms with Crippen LogP contribution >= 0.6 is 0 Å². The van der Waals surface area contributed by atoms with E-state index in [0.29, 0.717) is 6.61 Å². The number of hydrogen-bond donors (Lipinski definition) is 0. The Balaban J connectivity index is 1.61. The Bertz CT molecular complexity index is 268. The zero-order valence-electron chi connectivity index (χ0n) is 9.69. The maximum atomic E-state index is 6.15. The maximum Gasteiger partial charge on any atom is 0.169 e. The van der Waals surface area contributed by atoms with Gasteiger partial charge in [0.15, 0.2) is 5.79 Å². The van der Waals surface area contributed by atoms with Crippen LogP contribution in [0.25, 0.3) is 0 Å². The highest BCUT2D eigenvalue weighted by molar-refractivity contribution is 4.94. The van der Waals surface area contributed by atoms with E-state index in [9.17, 15) is 0 Å². The SMILES string of the molecule is C1=CC[C@H]([C@H]2COC3(CCCCC3)O2)OC1. The van der Waals surface area contributed by atoms with Crippen LogP contribution in [0.15, 0.2) is 12.2 Å². The molecular formula is C13H20O3. The summed E-state index contributed by atoms with van der Waals surface area (Å²) in [4.78, 5) is 0. The van der Waals surface area contributed by atoms with Crippen molar-refractivity contribution in [2.75, 3.05) is 13.2 Å². The van der Waals surface area contributed by atoms with Crippen molar-refractivity contribution in [2.24, 2.45) is 0 Å². The summed E-state index contributed by atoms with van der Waals surface area (Å²) >= 11 is 0. The van der Waals surface area contributed by atoms with Crippen LogP contribution in [0.3, 0.4) is 0 Å². The molecule has 1 aliphatic carbocycles. The summed E-state index contributed by atoms with van der Waals surface area (Å²) in [5.74, 6) is -0.257. The van der Waals surface area contributed by atoms with Crippen LogP contribution in [0.2, 0.25) is 0 Å². The summed E-state index contributed by atoms with van der Waals surface area (Å²) in [5.41, 5.74) is 0. The lowest BCUT2D eigenvalue weighted by molar-refractivity contribution is -0.198. The van der Waals surface area contributed by atoms with Gasteiger partial charge < -0.3 is 14.2 Å². The third-order valence-corrected chi connectivity index (χ3v) is 3.85. The number of rotatable bonds is 1. The smallest absolute Gasteiger partial charge is 0.169 e. The molecule has 3 heteroatoms. The van der Waals surface area contributed by atoms with Gasteiger partial charge in [-0.2, -0.15) is 0 Å². The van der Waals surface area contributed by atoms with Gasteiger partial charge in [-0.1, -0.05) is 18.6 Å². The summed E-state index contributed by atoms with van der Waals surface area (Å²) < 4.78 is 17.8. The van der Waals surface area contributed by atoms with E-state index in [4.69, 9.17) is 14.2 Å². The van der Waals surface area contributed by atoms with Gasteiger partial charge in [-0.3, -0.25) is 0 Å². The van der Waals surface area contributed by atoms with Gasteiger partial charge in [-0.15, -0.1) is 0 Å². The fraction of sp³-hybridized carbons (Fsp3) is 0.846. The quantitative estimate of drug-likeness (QED) is 0.640. The lowest BCUT2D eigenvalue weighted by atomic mass is 9.94. The van der Waals surface area contributed by atoms with Gasteiger partial charge >= 0.3 is 0 Å². The Morgan fingerprint density at radius 2 is 1.88 bits per heavy atom. The molecule has 0 aromatic carbocycles. The van der Waals surface area contributed by atoms with Crippen LogP contribution in [0.4, 0.5) is 0 Å². The van der Waals surface area contributed by atoms with Gasteiger partial charge in [0.1, 0.15) is 6.10 Å². The van der Waals surface area contributed by atoms with E-state index in [-0.39, 0.29) is 18.0 Å². The minimum absolute atomic E-state index is 0.142. The maximum absolute atomic E-state index is 6.15. The second kappa shape index (κ2) is 4.47. The zero-order chi connectivity index (χ0) is 10.8. The zero-order valence-corrected chi connectivity index (χ0v) is 9.69. The molecule has 1 saturated heterocycles. The van der Waals surface area contributed by atoms with Crippen molar-refractivity contribution < 1.29 is 14.2 Å². The van der Waals surface area contributed by atoms with Crippen molar-refractivity contribution in [2.45, 2.75) is 56.5 Å². The molecular weight excluding hydrogens is 204 g/mol. The molecule has 3 nitrogen and oxygen atoms in total. The molecule has 1 spiro atoms. The molecule has 0 unspecified atom stereocenters. The van der Waals surface area contributed by atoms with Crippen LogP contribution in [-0.2, 0) is 14.2 Å². The van der Waals surface area contributed by atoms with Gasteiger partial charge in [0.05, 0.1) is 19.3 Å². The van der Waals surface area contributed by atoms with Crippen LogP contribution < -0.4 is 0 Å². The van der Waals surface area contributed by atoms with Gasteiger partial charge in [0, 0.05) is 12.8 Å². The normalized spacial score (nSPS) is 38.0. The van der Waals surface area contributed by atoms with Crippen molar-refractivity contribution in [1.29, 1.82) is 0 Å². The molecule has 16 heavy (non-hydrogen) atoms. The molecule has 0 amide bonds. The molecule has 0 bridgehead atoms. The average molecular weight is 224 g/mol. The van der Waals surface area contributed by atoms with Crippen molar-refractivity contribution in [3.05, 3.63) is 12.2 Å². The molecule has 0 aromatic rings. The van der Waals surface area contributed by atoms with E-state index in [1.165, 1.54) is 19.3 Å². The molecule has 1 saturated carbocycles. The first-order valence-corrected chi connectivity index (χ1v) is 6.46. The number of ether oxygens (including phenoxy) is 3. The molecule has 0 aromatic heterocycles. The summed E-state index contributed by atoms with van der Waals surface area (Å²) in [7, 11) is 0. The predicted molar refractivity (Wildman–Crippen MR) is 60.1 cm³/mol. The predicted octanol–water partition coefficient (Wildman–Crippen LogP) is 2.41. The van der Waals surface area contributed by atoms with Crippen LogP contribution in [0.1, 0.15) is 38.5 Å². The highest BCUT2D eigenvalue weighted by Crippen LogP contribution is 2.39. The van der Waals surface area contributed by atoms with E-state index in [1.807, 2.05) is 0 Å². The standard InChI is InChI=1S/C13H20O3/c1-3-7-13(8-4-1)15-10-12(16-13)11-6-2-5-9-14-11/h2,5,11-12H,1,3-4,6-10H2/t11-,12-/m1/s1. The first kappa shape index (κ1) is 10.8. The van der Waals surface area contributed by atoms with E-state index in [0.717, 1.165) is 25.9 Å². The highest BCUT2D eigenvalue weighted by atomic mass is 16.8. The summed E-state index contributed by atoms with van der Waals surface area (Å²) in [6.07, 6.45) is 11.5. The fourth-order valence-corrected chi connectivity index (χ4v) is 2.92. The van der Waals surface area contributed by atoms with Crippen LogP contribution in [0.5, 0.6) is 0 Å². The first-order valence-electron chi connectivity index (χ1n) is 6.46. The van der Waals surface area contributed by atoms with E-state index >= 15 is 0 Å². The Kier molecular flexibility index (Phi) is 3.01. The Morgan fingerprint density at radius 1 is 1.00 bits per heavy atom. The molecule has 0 N–H and O–H groups in total. The monoisotopic (exact) mass is 224 g/mol. The lowest BCUT2D eigenvalue weighted by Crippen LogP contribution is -2.37. The van der Waals surface area contributed by atoms with Gasteiger partial charge in [-0.05, 0) is 19.3 Å². The second-order valence-electron chi connectivity index (χ2n) is 5.02. The molecule has 3 rings (SSSR count). The van der Waals surface area contributed by atoms with Gasteiger partial charge in [0.2, 0.25) is 0 Å². The largest absolute Gasteiger partial charge is 0.371 e. The fourth-order valence-electron chi connectivity index (χ4n) is 2.92. The molecule has 0 radical (unpaired) electrons. The van der Waals surface area contributed by atoms with E-state index in [1.54, 1.807) is 0 Å². The minimum atomic E-state index is -0.257. The third-order valence-electron chi connectivity index (χ3n) is 3.85.